The zero-order valence-electron chi connectivity index (χ0n) is 18.2. The number of hydrogen-bond donors (Lipinski definition) is 1. The Labute approximate surface area is 194 Å². The first kappa shape index (κ1) is 20.5. The molecular formula is C27H21F2N5. The number of rotatable bonds is 4. The maximum atomic E-state index is 14.2. The molecule has 1 fully saturated rings. The summed E-state index contributed by atoms with van der Waals surface area (Å²) < 4.78 is 29.9. The third-order valence-corrected chi connectivity index (χ3v) is 6.20. The summed E-state index contributed by atoms with van der Waals surface area (Å²) >= 11 is 0. The van der Waals surface area contributed by atoms with Crippen LogP contribution in [0.1, 0.15) is 19.3 Å². The van der Waals surface area contributed by atoms with Crippen molar-refractivity contribution in [2.45, 2.75) is 25.3 Å². The van der Waals surface area contributed by atoms with Gasteiger partial charge in [-0.1, -0.05) is 12.1 Å². The lowest BCUT2D eigenvalue weighted by atomic mass is 9.94. The van der Waals surface area contributed by atoms with Gasteiger partial charge in [-0.3, -0.25) is 9.98 Å². The van der Waals surface area contributed by atoms with Gasteiger partial charge in [-0.2, -0.15) is 0 Å². The summed E-state index contributed by atoms with van der Waals surface area (Å²) in [5.41, 5.74) is 5.21. The number of benzene rings is 3. The van der Waals surface area contributed by atoms with Crippen molar-refractivity contribution in [3.8, 4) is 17.1 Å². The molecule has 0 spiro atoms. The summed E-state index contributed by atoms with van der Waals surface area (Å²) in [5.74, 6) is -1.77. The van der Waals surface area contributed by atoms with E-state index in [2.05, 4.69) is 10.3 Å². The van der Waals surface area contributed by atoms with Gasteiger partial charge in [-0.05, 0) is 67.8 Å². The van der Waals surface area contributed by atoms with Crippen molar-refractivity contribution in [3.63, 3.8) is 0 Å². The maximum absolute atomic E-state index is 14.2. The lowest BCUT2D eigenvalue weighted by Crippen LogP contribution is -2.22. The molecule has 2 aliphatic carbocycles. The van der Waals surface area contributed by atoms with Crippen LogP contribution in [0.2, 0.25) is 0 Å². The first-order chi connectivity index (χ1) is 16.7. The topological polar surface area (TPSA) is 55.1 Å². The minimum absolute atomic E-state index is 0.275. The van der Waals surface area contributed by atoms with Crippen LogP contribution in [0, 0.1) is 11.6 Å². The van der Waals surface area contributed by atoms with Gasteiger partial charge >= 0.3 is 0 Å². The molecule has 0 bridgehead atoms. The molecule has 0 radical (unpaired) electrons. The molecule has 3 aromatic rings. The van der Waals surface area contributed by atoms with Crippen LogP contribution in [-0.2, 0) is 0 Å². The quantitative estimate of drug-likeness (QED) is 0.340. The summed E-state index contributed by atoms with van der Waals surface area (Å²) in [6.45, 7) is 0. The zero-order valence-corrected chi connectivity index (χ0v) is 18.2. The first-order valence-corrected chi connectivity index (χ1v) is 11.3. The van der Waals surface area contributed by atoms with Crippen LogP contribution < -0.4 is 10.7 Å². The van der Waals surface area contributed by atoms with Gasteiger partial charge in [0.15, 0.2) is 11.6 Å². The molecule has 1 aromatic heterocycles. The first-order valence-electron chi connectivity index (χ1n) is 11.3. The Kier molecular flexibility index (Phi) is 5.02. The number of nitrogens with zero attached hydrogens (tertiary/aromatic N) is 4. The summed E-state index contributed by atoms with van der Waals surface area (Å²) in [5, 5.41) is 4.23. The van der Waals surface area contributed by atoms with Gasteiger partial charge in [0, 0.05) is 18.0 Å². The van der Waals surface area contributed by atoms with Gasteiger partial charge in [0.2, 0.25) is 0 Å². The zero-order chi connectivity index (χ0) is 23.1. The Morgan fingerprint density at radius 1 is 0.941 bits per heavy atom. The molecular weight excluding hydrogens is 432 g/mol. The van der Waals surface area contributed by atoms with Crippen molar-refractivity contribution < 1.29 is 8.78 Å². The predicted molar refractivity (Wildman–Crippen MR) is 128 cm³/mol. The molecule has 1 N–H and O–H groups in total. The van der Waals surface area contributed by atoms with E-state index in [-0.39, 0.29) is 6.04 Å². The molecule has 0 unspecified atom stereocenters. The monoisotopic (exact) mass is 453 g/mol. The second-order valence-corrected chi connectivity index (χ2v) is 8.47. The largest absolute Gasteiger partial charge is 0.352 e. The molecule has 7 heteroatoms. The number of nitrogens with one attached hydrogen (secondary N) is 1. The highest BCUT2D eigenvalue weighted by Crippen LogP contribution is 2.31. The van der Waals surface area contributed by atoms with Crippen LogP contribution in [0.3, 0.4) is 0 Å². The van der Waals surface area contributed by atoms with Gasteiger partial charge in [0.1, 0.15) is 0 Å². The van der Waals surface area contributed by atoms with E-state index in [0.29, 0.717) is 11.4 Å². The van der Waals surface area contributed by atoms with E-state index in [0.717, 1.165) is 52.4 Å². The van der Waals surface area contributed by atoms with Crippen molar-refractivity contribution in [2.24, 2.45) is 4.99 Å². The lowest BCUT2D eigenvalue weighted by molar-refractivity contribution is 0.413. The normalized spacial score (nSPS) is 14.5. The van der Waals surface area contributed by atoms with E-state index in [1.54, 1.807) is 18.5 Å². The third kappa shape index (κ3) is 3.69. The number of pyridine rings is 1. The highest BCUT2D eigenvalue weighted by molar-refractivity contribution is 5.84. The van der Waals surface area contributed by atoms with Crippen LogP contribution >= 0.6 is 0 Å². The maximum Gasteiger partial charge on any atom is 0.160 e. The number of hydrogen-bond acceptors (Lipinski definition) is 4. The predicted octanol–water partition coefficient (Wildman–Crippen LogP) is 6.00. The van der Waals surface area contributed by atoms with Crippen molar-refractivity contribution in [3.05, 3.63) is 96.1 Å². The fraction of sp³-hybridized carbons (Fsp3) is 0.148. The van der Waals surface area contributed by atoms with E-state index in [4.69, 9.17) is 9.98 Å². The molecule has 1 aliphatic heterocycles. The fourth-order valence-corrected chi connectivity index (χ4v) is 4.26. The number of aromatic nitrogens is 3. The number of para-hydroxylation sites is 2. The second kappa shape index (κ2) is 8.33. The van der Waals surface area contributed by atoms with Crippen LogP contribution in [0.4, 0.5) is 20.2 Å². The molecule has 168 valence electrons. The van der Waals surface area contributed by atoms with Crippen molar-refractivity contribution >= 4 is 22.4 Å². The molecule has 0 saturated heterocycles. The Bertz CT molecular complexity index is 1540. The summed E-state index contributed by atoms with van der Waals surface area (Å²) in [7, 11) is 0. The van der Waals surface area contributed by atoms with E-state index < -0.39 is 11.6 Å². The minimum Gasteiger partial charge on any atom is -0.352 e. The lowest BCUT2D eigenvalue weighted by Gasteiger charge is -2.23. The molecule has 0 amide bonds. The summed E-state index contributed by atoms with van der Waals surface area (Å²) in [6.07, 6.45) is 6.78. The average Bonchev–Trinajstić information content (AvgIpc) is 2.82. The van der Waals surface area contributed by atoms with Gasteiger partial charge < -0.3 is 9.88 Å². The molecule has 0 atom stereocenters. The molecule has 3 aliphatic rings. The third-order valence-electron chi connectivity index (χ3n) is 6.20. The van der Waals surface area contributed by atoms with Gasteiger partial charge in [0.05, 0.1) is 51.4 Å². The Hall–Kier alpha value is -4.13. The SMILES string of the molecule is Fc1ccc(-n2c3cc(=NC4CCC4)c(Nc4cccnc4)cc-3nc3ccccc32)cc1F. The van der Waals surface area contributed by atoms with Crippen molar-refractivity contribution in [2.75, 3.05) is 5.32 Å². The molecule has 6 rings (SSSR count). The average molecular weight is 453 g/mol. The number of anilines is 2. The van der Waals surface area contributed by atoms with Gasteiger partial charge in [-0.25, -0.2) is 13.8 Å². The molecule has 2 heterocycles. The van der Waals surface area contributed by atoms with Gasteiger partial charge in [0.25, 0.3) is 0 Å². The molecule has 2 aromatic carbocycles. The van der Waals surface area contributed by atoms with Crippen LogP contribution in [0.5, 0.6) is 0 Å². The fourth-order valence-electron chi connectivity index (χ4n) is 4.26. The molecule has 1 saturated carbocycles. The minimum atomic E-state index is -0.895. The van der Waals surface area contributed by atoms with Crippen LogP contribution in [-0.4, -0.2) is 20.6 Å². The van der Waals surface area contributed by atoms with Crippen LogP contribution in [0.25, 0.3) is 28.1 Å². The van der Waals surface area contributed by atoms with Gasteiger partial charge in [-0.15, -0.1) is 0 Å². The highest BCUT2D eigenvalue weighted by atomic mass is 19.2. The van der Waals surface area contributed by atoms with E-state index in [1.165, 1.54) is 12.5 Å². The van der Waals surface area contributed by atoms with Crippen LogP contribution in [0.15, 0.2) is 84.1 Å². The number of fused-ring (bicyclic) bond motifs is 2. The Balaban J connectivity index is 1.65. The van der Waals surface area contributed by atoms with Crippen molar-refractivity contribution in [1.29, 1.82) is 0 Å². The summed E-state index contributed by atoms with van der Waals surface area (Å²) in [6, 6.07) is 19.6. The Morgan fingerprint density at radius 2 is 1.82 bits per heavy atom. The highest BCUT2D eigenvalue weighted by Gasteiger charge is 2.20. The smallest absolute Gasteiger partial charge is 0.160 e. The van der Waals surface area contributed by atoms with E-state index in [9.17, 15) is 8.78 Å². The van der Waals surface area contributed by atoms with E-state index >= 15 is 0 Å². The molecule has 5 nitrogen and oxygen atoms in total. The molecule has 34 heavy (non-hydrogen) atoms. The number of halogens is 2. The summed E-state index contributed by atoms with van der Waals surface area (Å²) in [4.78, 5) is 14.1. The standard InChI is InChI=1S/C27H21F2N5/c28-20-11-10-19(13-21(20)29)34-26-9-2-1-8-22(26)33-25-14-23(32-18-7-4-12-30-16-18)24(15-27(25)34)31-17-5-3-6-17/h1-2,4,7-17,32H,3,5-6H2. The Morgan fingerprint density at radius 3 is 2.59 bits per heavy atom. The second-order valence-electron chi connectivity index (χ2n) is 8.47. The van der Waals surface area contributed by atoms with E-state index in [1.807, 2.05) is 53.1 Å². The van der Waals surface area contributed by atoms with Crippen molar-refractivity contribution in [1.82, 2.24) is 14.5 Å².